The van der Waals surface area contributed by atoms with Crippen molar-refractivity contribution < 1.29 is 13.2 Å². The second-order valence-electron chi connectivity index (χ2n) is 5.63. The highest BCUT2D eigenvalue weighted by atomic mass is 79.9. The minimum Gasteiger partial charge on any atom is -0.495 e. The maximum atomic E-state index is 12.6. The average molecular weight is 436 g/mol. The lowest BCUT2D eigenvalue weighted by molar-refractivity contribution is 0.402. The second kappa shape index (κ2) is 7.61. The normalized spacial score (nSPS) is 11.5. The fraction of sp³-hybridized carbons (Fsp3) is 0.167. The Labute approximate surface area is 161 Å². The lowest BCUT2D eigenvalue weighted by Crippen LogP contribution is -2.23. The van der Waals surface area contributed by atoms with Crippen molar-refractivity contribution in [3.8, 4) is 11.4 Å². The van der Waals surface area contributed by atoms with Crippen LogP contribution in [0.2, 0.25) is 0 Å². The van der Waals surface area contributed by atoms with Crippen LogP contribution in [-0.2, 0) is 16.6 Å². The van der Waals surface area contributed by atoms with Crippen molar-refractivity contribution in [1.82, 2.24) is 14.3 Å². The van der Waals surface area contributed by atoms with Crippen molar-refractivity contribution >= 4 is 26.0 Å². The summed E-state index contributed by atoms with van der Waals surface area (Å²) in [6, 6.07) is 12.5. The molecule has 1 N–H and O–H groups in total. The van der Waals surface area contributed by atoms with E-state index in [1.165, 1.54) is 13.2 Å². The van der Waals surface area contributed by atoms with Gasteiger partial charge in [0.2, 0.25) is 10.0 Å². The zero-order valence-electron chi connectivity index (χ0n) is 14.3. The third-order valence-corrected chi connectivity index (χ3v) is 5.84. The predicted octanol–water partition coefficient (Wildman–Crippen LogP) is 3.43. The Morgan fingerprint density at radius 1 is 1.19 bits per heavy atom. The molecule has 2 aromatic carbocycles. The molecule has 0 saturated heterocycles. The number of nitrogens with zero attached hydrogens (tertiary/aromatic N) is 2. The number of benzene rings is 2. The van der Waals surface area contributed by atoms with Crippen molar-refractivity contribution in [2.75, 3.05) is 7.11 Å². The maximum Gasteiger partial charge on any atom is 0.244 e. The Kier molecular flexibility index (Phi) is 5.45. The molecular formula is C18H18BrN3O3S. The summed E-state index contributed by atoms with van der Waals surface area (Å²) in [7, 11) is -2.26. The fourth-order valence-electron chi connectivity index (χ4n) is 2.54. The molecule has 0 aliphatic heterocycles. The first kappa shape index (κ1) is 18.6. The molecule has 0 radical (unpaired) electrons. The van der Waals surface area contributed by atoms with Gasteiger partial charge in [0.1, 0.15) is 16.5 Å². The second-order valence-corrected chi connectivity index (χ2v) is 8.28. The predicted molar refractivity (Wildman–Crippen MR) is 103 cm³/mol. The highest BCUT2D eigenvalue weighted by Gasteiger charge is 2.19. The number of aromatic nitrogens is 2. The van der Waals surface area contributed by atoms with Crippen molar-refractivity contribution in [2.24, 2.45) is 0 Å². The van der Waals surface area contributed by atoms with Gasteiger partial charge in [-0.2, -0.15) is 0 Å². The molecule has 1 aromatic heterocycles. The summed E-state index contributed by atoms with van der Waals surface area (Å²) in [5.74, 6) is 1.19. The summed E-state index contributed by atoms with van der Waals surface area (Å²) in [5.41, 5.74) is 1.82. The molecule has 0 unspecified atom stereocenters. The first-order chi connectivity index (χ1) is 12.4. The molecule has 0 atom stereocenters. The quantitative estimate of drug-likeness (QED) is 0.643. The summed E-state index contributed by atoms with van der Waals surface area (Å²) in [5, 5.41) is 0. The summed E-state index contributed by atoms with van der Waals surface area (Å²) >= 11 is 3.29. The van der Waals surface area contributed by atoms with E-state index in [-0.39, 0.29) is 11.4 Å². The van der Waals surface area contributed by atoms with E-state index in [1.807, 2.05) is 42.0 Å². The van der Waals surface area contributed by atoms with Gasteiger partial charge in [-0.25, -0.2) is 18.1 Å². The number of nitrogens with one attached hydrogen (secondary N) is 1. The first-order valence-electron chi connectivity index (χ1n) is 7.83. The smallest absolute Gasteiger partial charge is 0.244 e. The highest BCUT2D eigenvalue weighted by molar-refractivity contribution is 9.10. The third-order valence-electron chi connectivity index (χ3n) is 3.92. The molecule has 0 fully saturated rings. The van der Waals surface area contributed by atoms with E-state index >= 15 is 0 Å². The van der Waals surface area contributed by atoms with Gasteiger partial charge in [-0.15, -0.1) is 0 Å². The Morgan fingerprint density at radius 2 is 1.92 bits per heavy atom. The fourth-order valence-corrected chi connectivity index (χ4v) is 4.27. The molecule has 0 aliphatic rings. The van der Waals surface area contributed by atoms with E-state index in [1.54, 1.807) is 18.3 Å². The van der Waals surface area contributed by atoms with Crippen LogP contribution >= 0.6 is 15.9 Å². The monoisotopic (exact) mass is 435 g/mol. The van der Waals surface area contributed by atoms with E-state index in [0.29, 0.717) is 10.2 Å². The van der Waals surface area contributed by atoms with Crippen molar-refractivity contribution in [1.29, 1.82) is 0 Å². The van der Waals surface area contributed by atoms with Crippen LogP contribution in [0.1, 0.15) is 11.4 Å². The van der Waals surface area contributed by atoms with Gasteiger partial charge in [0.25, 0.3) is 0 Å². The van der Waals surface area contributed by atoms with Gasteiger partial charge >= 0.3 is 0 Å². The van der Waals surface area contributed by atoms with E-state index in [0.717, 1.165) is 17.1 Å². The summed E-state index contributed by atoms with van der Waals surface area (Å²) in [6.07, 6.45) is 3.62. The zero-order valence-corrected chi connectivity index (χ0v) is 16.7. The lowest BCUT2D eigenvalue weighted by Gasteiger charge is -2.12. The number of aryl methyl sites for hydroxylation is 1. The van der Waals surface area contributed by atoms with Crippen LogP contribution < -0.4 is 9.46 Å². The minimum absolute atomic E-state index is 0.0973. The zero-order chi connectivity index (χ0) is 18.7. The number of hydrogen-bond acceptors (Lipinski definition) is 4. The number of rotatable bonds is 6. The Hall–Kier alpha value is -2.16. The van der Waals surface area contributed by atoms with Gasteiger partial charge in [0.15, 0.2) is 0 Å². The topological polar surface area (TPSA) is 73.2 Å². The Balaban J connectivity index is 1.76. The number of hydrogen-bond donors (Lipinski definition) is 1. The Bertz CT molecular complexity index is 1010. The van der Waals surface area contributed by atoms with Crippen LogP contribution in [0, 0.1) is 6.92 Å². The molecule has 0 spiro atoms. The molecular weight excluding hydrogens is 418 g/mol. The number of halogens is 1. The molecule has 26 heavy (non-hydrogen) atoms. The van der Waals surface area contributed by atoms with E-state index in [9.17, 15) is 8.42 Å². The molecule has 8 heteroatoms. The maximum absolute atomic E-state index is 12.6. The molecule has 0 amide bonds. The Morgan fingerprint density at radius 3 is 2.54 bits per heavy atom. The van der Waals surface area contributed by atoms with Gasteiger partial charge in [-0.05, 0) is 42.8 Å². The first-order valence-corrected chi connectivity index (χ1v) is 10.1. The molecule has 6 nitrogen and oxygen atoms in total. The number of ether oxygens (including phenoxy) is 1. The van der Waals surface area contributed by atoms with E-state index in [2.05, 4.69) is 25.6 Å². The summed E-state index contributed by atoms with van der Waals surface area (Å²) < 4.78 is 35.6. The minimum atomic E-state index is -3.70. The molecule has 3 rings (SSSR count). The average Bonchev–Trinajstić information content (AvgIpc) is 3.06. The number of sulfonamides is 1. The van der Waals surface area contributed by atoms with Crippen LogP contribution in [0.4, 0.5) is 0 Å². The number of methoxy groups -OCH3 is 1. The molecule has 0 aliphatic carbocycles. The summed E-state index contributed by atoms with van der Waals surface area (Å²) in [6.45, 7) is 2.11. The van der Waals surface area contributed by atoms with Crippen LogP contribution in [-0.4, -0.2) is 25.1 Å². The molecule has 3 aromatic rings. The van der Waals surface area contributed by atoms with Crippen molar-refractivity contribution in [2.45, 2.75) is 18.4 Å². The highest BCUT2D eigenvalue weighted by Crippen LogP contribution is 2.27. The molecule has 1 heterocycles. The van der Waals surface area contributed by atoms with Crippen LogP contribution in [0.5, 0.6) is 5.75 Å². The van der Waals surface area contributed by atoms with Gasteiger partial charge in [0.05, 0.1) is 7.11 Å². The third kappa shape index (κ3) is 3.98. The van der Waals surface area contributed by atoms with E-state index in [4.69, 9.17) is 4.74 Å². The standard InChI is InChI=1S/C18H18BrN3O3S/c1-13-20-9-10-22(13)16-6-3-14(4-7-16)12-21-26(23,24)18-11-15(19)5-8-17(18)25-2/h3-11,21H,12H2,1-2H3. The molecule has 0 bridgehead atoms. The molecule has 136 valence electrons. The van der Waals surface area contributed by atoms with Gasteiger partial charge in [-0.1, -0.05) is 28.1 Å². The van der Waals surface area contributed by atoms with Crippen molar-refractivity contribution in [3.63, 3.8) is 0 Å². The molecule has 0 saturated carbocycles. The summed E-state index contributed by atoms with van der Waals surface area (Å²) in [4.78, 5) is 4.29. The largest absolute Gasteiger partial charge is 0.495 e. The lowest BCUT2D eigenvalue weighted by atomic mass is 10.2. The van der Waals surface area contributed by atoms with E-state index < -0.39 is 10.0 Å². The van der Waals surface area contributed by atoms with Crippen LogP contribution in [0.25, 0.3) is 5.69 Å². The van der Waals surface area contributed by atoms with Crippen LogP contribution in [0.15, 0.2) is 64.2 Å². The van der Waals surface area contributed by atoms with Crippen molar-refractivity contribution in [3.05, 3.63) is 70.7 Å². The van der Waals surface area contributed by atoms with Gasteiger partial charge < -0.3 is 9.30 Å². The van der Waals surface area contributed by atoms with Crippen LogP contribution in [0.3, 0.4) is 0 Å². The van der Waals surface area contributed by atoms with Gasteiger partial charge in [-0.3, -0.25) is 0 Å². The SMILES string of the molecule is COc1ccc(Br)cc1S(=O)(=O)NCc1ccc(-n2ccnc2C)cc1. The van der Waals surface area contributed by atoms with Gasteiger partial charge in [0, 0.05) is 29.1 Å². The number of imidazole rings is 1.